The number of carbonyl (C=O) groups excluding carboxylic acids is 1. The summed E-state index contributed by atoms with van der Waals surface area (Å²) in [7, 11) is 0. The van der Waals surface area contributed by atoms with Gasteiger partial charge in [0.05, 0.1) is 4.88 Å². The summed E-state index contributed by atoms with van der Waals surface area (Å²) >= 11 is 1.69. The van der Waals surface area contributed by atoms with Gasteiger partial charge in [-0.25, -0.2) is 0 Å². The number of rotatable bonds is 2. The van der Waals surface area contributed by atoms with Crippen LogP contribution in [0.1, 0.15) is 46.8 Å². The van der Waals surface area contributed by atoms with Gasteiger partial charge in [0.2, 0.25) is 0 Å². The molecule has 3 nitrogen and oxygen atoms in total. The van der Waals surface area contributed by atoms with Crippen molar-refractivity contribution in [1.82, 2.24) is 10.6 Å². The molecule has 104 valence electrons. The Hall–Kier alpha value is -0.870. The summed E-state index contributed by atoms with van der Waals surface area (Å²) in [5.41, 5.74) is 1.40. The zero-order valence-corrected chi connectivity index (χ0v) is 12.5. The second-order valence-corrected chi connectivity index (χ2v) is 7.06. The molecule has 0 radical (unpaired) electrons. The van der Waals surface area contributed by atoms with Crippen molar-refractivity contribution in [3.05, 3.63) is 21.4 Å². The van der Waals surface area contributed by atoms with E-state index >= 15 is 0 Å². The molecule has 19 heavy (non-hydrogen) atoms. The van der Waals surface area contributed by atoms with E-state index in [4.69, 9.17) is 0 Å². The highest BCUT2D eigenvalue weighted by molar-refractivity contribution is 7.14. The molecule has 2 heterocycles. The highest BCUT2D eigenvalue weighted by atomic mass is 32.1. The zero-order chi connectivity index (χ0) is 13.4. The van der Waals surface area contributed by atoms with Crippen LogP contribution in [0.3, 0.4) is 0 Å². The number of thiophene rings is 1. The van der Waals surface area contributed by atoms with Crippen molar-refractivity contribution in [2.24, 2.45) is 5.92 Å². The van der Waals surface area contributed by atoms with Crippen molar-refractivity contribution in [3.8, 4) is 0 Å². The van der Waals surface area contributed by atoms with E-state index in [0.717, 1.165) is 30.7 Å². The number of nitrogens with one attached hydrogen (secondary N) is 2. The molecule has 1 aromatic rings. The number of fused-ring (bicyclic) bond motifs is 1. The average Bonchev–Trinajstić information content (AvgIpc) is 2.94. The fourth-order valence-corrected chi connectivity index (χ4v) is 4.43. The monoisotopic (exact) mass is 278 g/mol. The number of hydrogen-bond donors (Lipinski definition) is 2. The molecule has 0 bridgehead atoms. The molecule has 2 N–H and O–H groups in total. The number of hydrogen-bond acceptors (Lipinski definition) is 3. The molecule has 1 amide bonds. The molecule has 1 aliphatic carbocycles. The minimum absolute atomic E-state index is 0.117. The Morgan fingerprint density at radius 3 is 3.00 bits per heavy atom. The van der Waals surface area contributed by atoms with Crippen LogP contribution in [0.2, 0.25) is 0 Å². The molecule has 1 aromatic heterocycles. The molecular weight excluding hydrogens is 256 g/mol. The topological polar surface area (TPSA) is 41.1 Å². The van der Waals surface area contributed by atoms with Gasteiger partial charge in [0.1, 0.15) is 0 Å². The third-order valence-electron chi connectivity index (χ3n) is 4.49. The van der Waals surface area contributed by atoms with E-state index in [1.54, 1.807) is 11.3 Å². The van der Waals surface area contributed by atoms with E-state index in [0.29, 0.717) is 12.0 Å². The van der Waals surface area contributed by atoms with Gasteiger partial charge in [-0.05, 0) is 56.7 Å². The molecule has 3 atom stereocenters. The molecule has 3 rings (SSSR count). The maximum absolute atomic E-state index is 12.4. The van der Waals surface area contributed by atoms with E-state index in [1.165, 1.54) is 16.9 Å². The second-order valence-electron chi connectivity index (χ2n) is 5.92. The van der Waals surface area contributed by atoms with Crippen LogP contribution >= 0.6 is 11.3 Å². The quantitative estimate of drug-likeness (QED) is 0.872. The van der Waals surface area contributed by atoms with E-state index in [9.17, 15) is 4.79 Å². The first-order valence-corrected chi connectivity index (χ1v) is 8.12. The van der Waals surface area contributed by atoms with Crippen LogP contribution in [-0.2, 0) is 12.8 Å². The van der Waals surface area contributed by atoms with Crippen molar-refractivity contribution < 1.29 is 4.79 Å². The lowest BCUT2D eigenvalue weighted by Crippen LogP contribution is -2.55. The van der Waals surface area contributed by atoms with Crippen LogP contribution in [0.15, 0.2) is 6.07 Å². The third-order valence-corrected chi connectivity index (χ3v) is 5.72. The van der Waals surface area contributed by atoms with Crippen LogP contribution in [0.4, 0.5) is 0 Å². The van der Waals surface area contributed by atoms with Gasteiger partial charge in [-0.2, -0.15) is 0 Å². The summed E-state index contributed by atoms with van der Waals surface area (Å²) in [6.07, 6.45) is 4.70. The van der Waals surface area contributed by atoms with Crippen molar-refractivity contribution in [2.75, 3.05) is 6.54 Å². The lowest BCUT2D eigenvalue weighted by atomic mass is 9.89. The van der Waals surface area contributed by atoms with Crippen molar-refractivity contribution in [2.45, 2.75) is 51.6 Å². The fourth-order valence-electron chi connectivity index (χ4n) is 3.27. The molecule has 4 heteroatoms. The smallest absolute Gasteiger partial charge is 0.261 e. The molecule has 3 unspecified atom stereocenters. The number of aryl methyl sites for hydroxylation is 2. The zero-order valence-electron chi connectivity index (χ0n) is 11.7. The van der Waals surface area contributed by atoms with E-state index in [-0.39, 0.29) is 11.9 Å². The van der Waals surface area contributed by atoms with Crippen LogP contribution in [-0.4, -0.2) is 24.5 Å². The van der Waals surface area contributed by atoms with E-state index in [1.807, 2.05) is 0 Å². The summed E-state index contributed by atoms with van der Waals surface area (Å²) in [5, 5.41) is 6.68. The number of carbonyl (C=O) groups is 1. The van der Waals surface area contributed by atoms with Gasteiger partial charge in [-0.3, -0.25) is 4.79 Å². The average molecular weight is 278 g/mol. The summed E-state index contributed by atoms with van der Waals surface area (Å²) in [6, 6.07) is 2.71. The third kappa shape index (κ3) is 2.56. The van der Waals surface area contributed by atoms with Crippen LogP contribution < -0.4 is 10.6 Å². The van der Waals surface area contributed by atoms with Crippen molar-refractivity contribution >= 4 is 17.2 Å². The summed E-state index contributed by atoms with van der Waals surface area (Å²) in [5.74, 6) is 0.666. The Labute approximate surface area is 118 Å². The maximum atomic E-state index is 12.4. The molecule has 0 aromatic carbocycles. The largest absolute Gasteiger partial charge is 0.347 e. The second kappa shape index (κ2) is 5.25. The lowest BCUT2D eigenvalue weighted by Gasteiger charge is -2.35. The predicted octanol–water partition coefficient (Wildman–Crippen LogP) is 2.35. The Morgan fingerprint density at radius 2 is 2.26 bits per heavy atom. The maximum Gasteiger partial charge on any atom is 0.261 e. The number of amides is 1. The van der Waals surface area contributed by atoms with E-state index < -0.39 is 0 Å². The molecule has 2 aliphatic rings. The van der Waals surface area contributed by atoms with Crippen molar-refractivity contribution in [1.29, 1.82) is 0 Å². The Balaban J connectivity index is 1.69. The van der Waals surface area contributed by atoms with Gasteiger partial charge >= 0.3 is 0 Å². The molecule has 0 spiro atoms. The van der Waals surface area contributed by atoms with E-state index in [2.05, 4.69) is 30.5 Å². The van der Waals surface area contributed by atoms with Gasteiger partial charge in [-0.15, -0.1) is 11.3 Å². The standard InChI is InChI=1S/C15H22N2OS/c1-9-6-7-16-10(2)14(9)17-15(18)13-8-11-4-3-5-12(11)19-13/h8-10,14,16H,3-7H2,1-2H3,(H,17,18). The highest BCUT2D eigenvalue weighted by Crippen LogP contribution is 2.30. The summed E-state index contributed by atoms with van der Waals surface area (Å²) in [4.78, 5) is 14.7. The lowest BCUT2D eigenvalue weighted by molar-refractivity contribution is 0.0901. The first kappa shape index (κ1) is 13.1. The van der Waals surface area contributed by atoms with Gasteiger partial charge in [0.15, 0.2) is 0 Å². The molecular formula is C15H22N2OS. The van der Waals surface area contributed by atoms with Crippen LogP contribution in [0.5, 0.6) is 0 Å². The molecule has 1 aliphatic heterocycles. The minimum atomic E-state index is 0.117. The highest BCUT2D eigenvalue weighted by Gasteiger charge is 2.29. The normalized spacial score (nSPS) is 30.1. The Bertz CT molecular complexity index is 451. The number of piperidine rings is 1. The predicted molar refractivity (Wildman–Crippen MR) is 78.8 cm³/mol. The molecule has 1 fully saturated rings. The summed E-state index contributed by atoms with van der Waals surface area (Å²) < 4.78 is 0. The van der Waals surface area contributed by atoms with Gasteiger partial charge in [-0.1, -0.05) is 6.92 Å². The minimum Gasteiger partial charge on any atom is -0.347 e. The van der Waals surface area contributed by atoms with Crippen LogP contribution in [0, 0.1) is 5.92 Å². The first-order chi connectivity index (χ1) is 9.15. The van der Waals surface area contributed by atoms with Crippen LogP contribution in [0.25, 0.3) is 0 Å². The SMILES string of the molecule is CC1CCNC(C)C1NC(=O)c1cc2c(s1)CCC2. The van der Waals surface area contributed by atoms with Gasteiger partial charge < -0.3 is 10.6 Å². The van der Waals surface area contributed by atoms with Crippen molar-refractivity contribution in [3.63, 3.8) is 0 Å². The Kier molecular flexibility index (Phi) is 3.63. The molecule has 0 saturated carbocycles. The summed E-state index contributed by atoms with van der Waals surface area (Å²) in [6.45, 7) is 5.45. The molecule has 1 saturated heterocycles. The Morgan fingerprint density at radius 1 is 1.42 bits per heavy atom. The van der Waals surface area contributed by atoms with Gasteiger partial charge in [0.25, 0.3) is 5.91 Å². The fraction of sp³-hybridized carbons (Fsp3) is 0.667. The van der Waals surface area contributed by atoms with Gasteiger partial charge in [0, 0.05) is 17.0 Å². The first-order valence-electron chi connectivity index (χ1n) is 7.31.